The van der Waals surface area contributed by atoms with Crippen LogP contribution >= 0.6 is 0 Å². The average molecular weight is 367 g/mol. The number of nitrogens with one attached hydrogen (secondary N) is 1. The van der Waals surface area contributed by atoms with Gasteiger partial charge in [0, 0.05) is 25.3 Å². The van der Waals surface area contributed by atoms with E-state index in [2.05, 4.69) is 30.5 Å². The summed E-state index contributed by atoms with van der Waals surface area (Å²) in [4.78, 5) is 27.2. The quantitative estimate of drug-likeness (QED) is 0.695. The summed E-state index contributed by atoms with van der Waals surface area (Å²) in [5, 5.41) is 11.3. The molecule has 1 amide bonds. The number of anilines is 2. The number of nitrogens with zero attached hydrogens (tertiary/aromatic N) is 7. The molecule has 4 rings (SSSR count). The number of nitrogen functional groups attached to an aromatic ring is 1. The molecule has 0 saturated carbocycles. The van der Waals surface area contributed by atoms with E-state index in [0.29, 0.717) is 30.1 Å². The second-order valence-corrected chi connectivity index (χ2v) is 6.61. The zero-order chi connectivity index (χ0) is 18.8. The lowest BCUT2D eigenvalue weighted by Gasteiger charge is -2.34. The highest BCUT2D eigenvalue weighted by Crippen LogP contribution is 2.22. The van der Waals surface area contributed by atoms with Crippen molar-refractivity contribution in [2.45, 2.75) is 31.8 Å². The third kappa shape index (κ3) is 3.37. The van der Waals surface area contributed by atoms with Crippen molar-refractivity contribution in [2.75, 3.05) is 24.1 Å². The van der Waals surface area contributed by atoms with Crippen molar-refractivity contribution < 1.29 is 4.79 Å². The maximum atomic E-state index is 12.9. The fourth-order valence-electron chi connectivity index (χ4n) is 3.37. The first kappa shape index (κ1) is 17.1. The molecule has 140 valence electrons. The number of carbonyl (C=O) groups excluding carboxylic acids is 1. The predicted octanol–water partition coefficient (Wildman–Crippen LogP) is 0.863. The second-order valence-electron chi connectivity index (χ2n) is 6.61. The molecule has 1 atom stereocenters. The van der Waals surface area contributed by atoms with Crippen molar-refractivity contribution in [1.29, 1.82) is 0 Å². The largest absolute Gasteiger partial charge is 0.382 e. The topological polar surface area (TPSA) is 128 Å². The Hall–Kier alpha value is -3.30. The van der Waals surface area contributed by atoms with Gasteiger partial charge < -0.3 is 20.5 Å². The fourth-order valence-corrected chi connectivity index (χ4v) is 3.37. The minimum Gasteiger partial charge on any atom is -0.382 e. The molecule has 3 N–H and O–H groups in total. The van der Waals surface area contributed by atoms with E-state index in [-0.39, 0.29) is 11.9 Å². The van der Waals surface area contributed by atoms with Gasteiger partial charge in [0.2, 0.25) is 5.91 Å². The second kappa shape index (κ2) is 7.14. The van der Waals surface area contributed by atoms with Crippen LogP contribution in [-0.4, -0.2) is 59.7 Å². The minimum absolute atomic E-state index is 0.0458. The molecule has 0 aromatic carbocycles. The van der Waals surface area contributed by atoms with E-state index in [1.165, 1.54) is 6.33 Å². The van der Waals surface area contributed by atoms with Gasteiger partial charge in [0.05, 0.1) is 6.33 Å². The molecule has 1 aliphatic rings. The fraction of sp³-hybridized carbons (Fsp3) is 0.412. The molecular weight excluding hydrogens is 346 g/mol. The number of piperidine rings is 1. The SMILES string of the molecule is CC(C(=O)N1CCC(Nc2cccnn2)CC1)n1cnc2c(N)ncnc21. The van der Waals surface area contributed by atoms with E-state index in [1.54, 1.807) is 17.1 Å². The average Bonchev–Trinajstić information content (AvgIpc) is 3.14. The molecule has 1 fully saturated rings. The van der Waals surface area contributed by atoms with E-state index < -0.39 is 6.04 Å². The van der Waals surface area contributed by atoms with Crippen LogP contribution in [0.2, 0.25) is 0 Å². The van der Waals surface area contributed by atoms with E-state index in [4.69, 9.17) is 5.73 Å². The van der Waals surface area contributed by atoms with Gasteiger partial charge >= 0.3 is 0 Å². The Labute approximate surface area is 155 Å². The molecule has 1 unspecified atom stereocenters. The van der Waals surface area contributed by atoms with Gasteiger partial charge in [-0.2, -0.15) is 5.10 Å². The summed E-state index contributed by atoms with van der Waals surface area (Å²) in [5.41, 5.74) is 6.92. The van der Waals surface area contributed by atoms with Gasteiger partial charge in [0.1, 0.15) is 23.7 Å². The summed E-state index contributed by atoms with van der Waals surface area (Å²) in [6.45, 7) is 3.22. The molecule has 3 aromatic heterocycles. The molecule has 27 heavy (non-hydrogen) atoms. The number of hydrogen-bond acceptors (Lipinski definition) is 8. The van der Waals surface area contributed by atoms with Crippen molar-refractivity contribution in [2.24, 2.45) is 0 Å². The van der Waals surface area contributed by atoms with Crippen LogP contribution in [0, 0.1) is 0 Å². The maximum absolute atomic E-state index is 12.9. The maximum Gasteiger partial charge on any atom is 0.245 e. The number of imidazole rings is 1. The first-order valence-electron chi connectivity index (χ1n) is 8.89. The molecule has 10 nitrogen and oxygen atoms in total. The van der Waals surface area contributed by atoms with Crippen LogP contribution in [0.3, 0.4) is 0 Å². The van der Waals surface area contributed by atoms with E-state index in [9.17, 15) is 4.79 Å². The number of rotatable bonds is 4. The highest BCUT2D eigenvalue weighted by Gasteiger charge is 2.28. The summed E-state index contributed by atoms with van der Waals surface area (Å²) in [6, 6.07) is 3.61. The Morgan fingerprint density at radius 1 is 1.30 bits per heavy atom. The summed E-state index contributed by atoms with van der Waals surface area (Å²) >= 11 is 0. The third-order valence-corrected chi connectivity index (χ3v) is 4.89. The molecular formula is C17H21N9O. The van der Waals surface area contributed by atoms with Crippen molar-refractivity contribution >= 4 is 28.7 Å². The summed E-state index contributed by atoms with van der Waals surface area (Å²) in [7, 11) is 0. The zero-order valence-corrected chi connectivity index (χ0v) is 15.0. The van der Waals surface area contributed by atoms with Crippen LogP contribution in [0.5, 0.6) is 0 Å². The van der Waals surface area contributed by atoms with Crippen molar-refractivity contribution in [3.05, 3.63) is 31.0 Å². The highest BCUT2D eigenvalue weighted by molar-refractivity contribution is 5.85. The van der Waals surface area contributed by atoms with Gasteiger partial charge in [0.15, 0.2) is 11.5 Å². The van der Waals surface area contributed by atoms with Gasteiger partial charge in [-0.15, -0.1) is 5.10 Å². The van der Waals surface area contributed by atoms with Crippen molar-refractivity contribution in [3.8, 4) is 0 Å². The molecule has 1 aliphatic heterocycles. The van der Waals surface area contributed by atoms with Crippen LogP contribution in [0.15, 0.2) is 31.0 Å². The molecule has 1 saturated heterocycles. The van der Waals surface area contributed by atoms with Gasteiger partial charge in [-0.1, -0.05) is 0 Å². The first-order valence-corrected chi connectivity index (χ1v) is 8.89. The molecule has 0 spiro atoms. The lowest BCUT2D eigenvalue weighted by Crippen LogP contribution is -2.44. The number of likely N-dealkylation sites (tertiary alicyclic amines) is 1. The Kier molecular flexibility index (Phi) is 4.53. The van der Waals surface area contributed by atoms with Gasteiger partial charge in [-0.25, -0.2) is 15.0 Å². The van der Waals surface area contributed by atoms with Crippen molar-refractivity contribution in [1.82, 2.24) is 34.6 Å². The smallest absolute Gasteiger partial charge is 0.245 e. The number of aromatic nitrogens is 6. The lowest BCUT2D eigenvalue weighted by molar-refractivity contribution is -0.135. The highest BCUT2D eigenvalue weighted by atomic mass is 16.2. The van der Waals surface area contributed by atoms with Crippen LogP contribution < -0.4 is 11.1 Å². The molecule has 10 heteroatoms. The Morgan fingerprint density at radius 2 is 2.11 bits per heavy atom. The van der Waals surface area contributed by atoms with Gasteiger partial charge in [-0.3, -0.25) is 4.79 Å². The van der Waals surface area contributed by atoms with Crippen LogP contribution in [0.4, 0.5) is 11.6 Å². The third-order valence-electron chi connectivity index (χ3n) is 4.89. The Morgan fingerprint density at radius 3 is 2.85 bits per heavy atom. The summed E-state index contributed by atoms with van der Waals surface area (Å²) < 4.78 is 1.75. The molecule has 3 aromatic rings. The Bertz CT molecular complexity index is 934. The number of carbonyl (C=O) groups is 1. The number of amides is 1. The lowest BCUT2D eigenvalue weighted by atomic mass is 10.0. The van der Waals surface area contributed by atoms with E-state index >= 15 is 0 Å². The monoisotopic (exact) mass is 367 g/mol. The van der Waals surface area contributed by atoms with Crippen LogP contribution in [0.25, 0.3) is 11.2 Å². The van der Waals surface area contributed by atoms with E-state index in [1.807, 2.05) is 24.0 Å². The number of hydrogen-bond donors (Lipinski definition) is 2. The van der Waals surface area contributed by atoms with Gasteiger partial charge in [0.25, 0.3) is 0 Å². The summed E-state index contributed by atoms with van der Waals surface area (Å²) in [6.07, 6.45) is 6.34. The van der Waals surface area contributed by atoms with Gasteiger partial charge in [-0.05, 0) is 31.9 Å². The predicted molar refractivity (Wildman–Crippen MR) is 99.7 cm³/mol. The normalized spacial score (nSPS) is 16.4. The number of fused-ring (bicyclic) bond motifs is 1. The van der Waals surface area contributed by atoms with E-state index in [0.717, 1.165) is 18.7 Å². The first-order chi connectivity index (χ1) is 13.1. The molecule has 0 aliphatic carbocycles. The summed E-state index contributed by atoms with van der Waals surface area (Å²) in [5.74, 6) is 1.12. The molecule has 4 heterocycles. The standard InChI is InChI=1S/C17H21N9O/c1-11(26-10-21-14-15(18)19-9-20-16(14)26)17(27)25-7-4-12(5-8-25)23-13-3-2-6-22-24-13/h2-3,6,9-12H,4-5,7-8H2,1H3,(H,23,24)(H2,18,19,20). The number of nitrogens with two attached hydrogens (primary N) is 1. The molecule has 0 radical (unpaired) electrons. The van der Waals surface area contributed by atoms with Crippen LogP contribution in [-0.2, 0) is 4.79 Å². The molecule has 0 bridgehead atoms. The Balaban J connectivity index is 1.40. The minimum atomic E-state index is -0.409. The van der Waals surface area contributed by atoms with Crippen LogP contribution in [0.1, 0.15) is 25.8 Å². The zero-order valence-electron chi connectivity index (χ0n) is 15.0. The van der Waals surface area contributed by atoms with Crippen molar-refractivity contribution in [3.63, 3.8) is 0 Å².